The molecule has 18 heavy (non-hydrogen) atoms. The van der Waals surface area contributed by atoms with Gasteiger partial charge in [-0.3, -0.25) is 0 Å². The summed E-state index contributed by atoms with van der Waals surface area (Å²) >= 11 is 0. The second kappa shape index (κ2) is 8.99. The van der Waals surface area contributed by atoms with E-state index in [0.717, 1.165) is 6.42 Å². The molecule has 0 amide bonds. The monoisotopic (exact) mass is 257 g/mol. The van der Waals surface area contributed by atoms with Crippen molar-refractivity contribution in [3.05, 3.63) is 35.6 Å². The first-order valence-corrected chi connectivity index (χ1v) is 6.07. The zero-order chi connectivity index (χ0) is 13.2. The van der Waals surface area contributed by atoms with Gasteiger partial charge in [0.2, 0.25) is 0 Å². The van der Waals surface area contributed by atoms with Gasteiger partial charge >= 0.3 is 0 Å². The number of aliphatic hydroxyl groups excluding tert-OH is 2. The maximum absolute atomic E-state index is 12.9. The second-order valence-corrected chi connectivity index (χ2v) is 3.96. The number of ether oxygens (including phenoxy) is 1. The molecular weight excluding hydrogens is 237 g/mol. The molecule has 0 aliphatic heterocycles. The van der Waals surface area contributed by atoms with Crippen LogP contribution in [0.5, 0.6) is 0 Å². The van der Waals surface area contributed by atoms with Crippen molar-refractivity contribution < 1.29 is 19.3 Å². The van der Waals surface area contributed by atoms with Crippen LogP contribution in [0, 0.1) is 5.82 Å². The van der Waals surface area contributed by atoms with E-state index in [0.29, 0.717) is 31.9 Å². The molecule has 1 aromatic carbocycles. The van der Waals surface area contributed by atoms with Gasteiger partial charge in [0, 0.05) is 13.2 Å². The van der Waals surface area contributed by atoms with Gasteiger partial charge in [-0.1, -0.05) is 12.1 Å². The highest BCUT2D eigenvalue weighted by Gasteiger charge is 2.07. The average molecular weight is 257 g/mol. The van der Waals surface area contributed by atoms with Crippen LogP contribution >= 0.6 is 0 Å². The summed E-state index contributed by atoms with van der Waals surface area (Å²) in [5.74, 6) is -0.344. The summed E-state index contributed by atoms with van der Waals surface area (Å²) in [6.07, 6.45) is 0.0923. The fourth-order valence-electron chi connectivity index (χ4n) is 1.54. The first-order chi connectivity index (χ1) is 8.74. The van der Waals surface area contributed by atoms with Crippen LogP contribution in [0.1, 0.15) is 18.1 Å². The van der Waals surface area contributed by atoms with E-state index in [1.807, 2.05) is 0 Å². The molecule has 0 fully saturated rings. The first kappa shape index (κ1) is 15.0. The van der Waals surface area contributed by atoms with Gasteiger partial charge in [0.1, 0.15) is 5.82 Å². The minimum atomic E-state index is -0.709. The Morgan fingerprint density at radius 1 is 1.33 bits per heavy atom. The van der Waals surface area contributed by atoms with Crippen LogP contribution in [0.3, 0.4) is 0 Å². The summed E-state index contributed by atoms with van der Waals surface area (Å²) in [6, 6.07) is 5.95. The summed E-state index contributed by atoms with van der Waals surface area (Å²) in [4.78, 5) is 0. The van der Waals surface area contributed by atoms with Gasteiger partial charge < -0.3 is 20.3 Å². The lowest BCUT2D eigenvalue weighted by Gasteiger charge is -2.12. The molecule has 0 saturated carbocycles. The van der Waals surface area contributed by atoms with Gasteiger partial charge in [-0.25, -0.2) is 4.39 Å². The number of benzene rings is 1. The second-order valence-electron chi connectivity index (χ2n) is 3.96. The van der Waals surface area contributed by atoms with Crippen LogP contribution in [-0.2, 0) is 4.74 Å². The normalized spacial score (nSPS) is 12.6. The number of halogens is 1. The molecule has 0 aromatic heterocycles. The highest BCUT2D eigenvalue weighted by molar-refractivity contribution is 5.18. The van der Waals surface area contributed by atoms with Gasteiger partial charge in [-0.05, 0) is 30.7 Å². The van der Waals surface area contributed by atoms with E-state index in [2.05, 4.69) is 5.32 Å². The van der Waals surface area contributed by atoms with Crippen LogP contribution in [0.25, 0.3) is 0 Å². The maximum atomic E-state index is 12.9. The topological polar surface area (TPSA) is 61.7 Å². The van der Waals surface area contributed by atoms with E-state index in [1.54, 1.807) is 12.1 Å². The molecule has 0 radical (unpaired) electrons. The molecule has 102 valence electrons. The summed E-state index contributed by atoms with van der Waals surface area (Å²) in [6.45, 7) is 2.04. The third-order valence-electron chi connectivity index (χ3n) is 2.45. The quantitative estimate of drug-likeness (QED) is 0.574. The van der Waals surface area contributed by atoms with E-state index >= 15 is 0 Å². The summed E-state index contributed by atoms with van der Waals surface area (Å²) in [7, 11) is 0. The fraction of sp³-hybridized carbons (Fsp3) is 0.538. The molecule has 0 aliphatic carbocycles. The molecule has 1 unspecified atom stereocenters. The molecule has 0 heterocycles. The number of rotatable bonds is 9. The first-order valence-electron chi connectivity index (χ1n) is 6.07. The van der Waals surface area contributed by atoms with Crippen molar-refractivity contribution >= 4 is 0 Å². The smallest absolute Gasteiger partial charge is 0.123 e. The average Bonchev–Trinajstić information content (AvgIpc) is 2.37. The van der Waals surface area contributed by atoms with Gasteiger partial charge in [0.05, 0.1) is 19.3 Å². The number of hydrogen-bond donors (Lipinski definition) is 3. The standard InChI is InChI=1S/C13H20FNO3/c14-12-4-1-3-11(9-12)13(17)10-15-5-2-7-18-8-6-16/h1,3-4,9,13,15-17H,2,5-8,10H2. The molecule has 1 aromatic rings. The van der Waals surface area contributed by atoms with Gasteiger partial charge in [-0.2, -0.15) is 0 Å². The lowest BCUT2D eigenvalue weighted by molar-refractivity contribution is 0.0899. The van der Waals surface area contributed by atoms with Crippen LogP contribution in [-0.4, -0.2) is 43.1 Å². The Morgan fingerprint density at radius 3 is 2.89 bits per heavy atom. The summed E-state index contributed by atoms with van der Waals surface area (Å²) in [5, 5.41) is 21.3. The molecule has 4 nitrogen and oxygen atoms in total. The molecule has 0 aliphatic rings. The molecule has 0 saturated heterocycles. The maximum Gasteiger partial charge on any atom is 0.123 e. The van der Waals surface area contributed by atoms with Crippen molar-refractivity contribution in [3.63, 3.8) is 0 Å². The van der Waals surface area contributed by atoms with Crippen molar-refractivity contribution in [2.75, 3.05) is 32.9 Å². The van der Waals surface area contributed by atoms with Gasteiger partial charge in [-0.15, -0.1) is 0 Å². The van der Waals surface area contributed by atoms with Crippen molar-refractivity contribution in [2.24, 2.45) is 0 Å². The fourth-order valence-corrected chi connectivity index (χ4v) is 1.54. The van der Waals surface area contributed by atoms with Gasteiger partial charge in [0.25, 0.3) is 0 Å². The van der Waals surface area contributed by atoms with E-state index in [9.17, 15) is 9.50 Å². The third-order valence-corrected chi connectivity index (χ3v) is 2.45. The Hall–Kier alpha value is -1.01. The predicted molar refractivity (Wildman–Crippen MR) is 66.8 cm³/mol. The molecular formula is C13H20FNO3. The lowest BCUT2D eigenvalue weighted by atomic mass is 10.1. The van der Waals surface area contributed by atoms with Crippen LogP contribution in [0.2, 0.25) is 0 Å². The number of hydrogen-bond acceptors (Lipinski definition) is 4. The number of aliphatic hydroxyl groups is 2. The Kier molecular flexibility index (Phi) is 7.52. The van der Waals surface area contributed by atoms with Crippen molar-refractivity contribution in [3.8, 4) is 0 Å². The van der Waals surface area contributed by atoms with Crippen molar-refractivity contribution in [1.82, 2.24) is 5.32 Å². The molecule has 3 N–H and O–H groups in total. The third kappa shape index (κ3) is 6.07. The highest BCUT2D eigenvalue weighted by Crippen LogP contribution is 2.12. The van der Waals surface area contributed by atoms with E-state index in [4.69, 9.17) is 9.84 Å². The van der Waals surface area contributed by atoms with E-state index in [1.165, 1.54) is 12.1 Å². The zero-order valence-electron chi connectivity index (χ0n) is 10.3. The van der Waals surface area contributed by atoms with Crippen molar-refractivity contribution in [1.29, 1.82) is 0 Å². The Morgan fingerprint density at radius 2 is 2.17 bits per heavy atom. The Bertz CT molecular complexity index is 336. The Labute approximate surface area is 106 Å². The molecule has 0 bridgehead atoms. The van der Waals surface area contributed by atoms with Crippen LogP contribution < -0.4 is 5.32 Å². The summed E-state index contributed by atoms with van der Waals surface area (Å²) in [5.41, 5.74) is 0.569. The molecule has 0 spiro atoms. The SMILES string of the molecule is OCCOCCCNCC(O)c1cccc(F)c1. The number of nitrogens with one attached hydrogen (secondary N) is 1. The Balaban J connectivity index is 2.12. The minimum absolute atomic E-state index is 0.0334. The van der Waals surface area contributed by atoms with E-state index in [-0.39, 0.29) is 12.4 Å². The predicted octanol–water partition coefficient (Wildman–Crippen LogP) is 0.848. The minimum Gasteiger partial charge on any atom is -0.394 e. The lowest BCUT2D eigenvalue weighted by Crippen LogP contribution is -2.23. The molecule has 1 atom stereocenters. The zero-order valence-corrected chi connectivity index (χ0v) is 10.3. The molecule has 1 rings (SSSR count). The van der Waals surface area contributed by atoms with Crippen molar-refractivity contribution in [2.45, 2.75) is 12.5 Å². The molecule has 5 heteroatoms. The van der Waals surface area contributed by atoms with E-state index < -0.39 is 6.10 Å². The highest BCUT2D eigenvalue weighted by atomic mass is 19.1. The van der Waals surface area contributed by atoms with Crippen LogP contribution in [0.4, 0.5) is 4.39 Å². The summed E-state index contributed by atoms with van der Waals surface area (Å²) < 4.78 is 18.0. The van der Waals surface area contributed by atoms with Gasteiger partial charge in [0.15, 0.2) is 0 Å². The largest absolute Gasteiger partial charge is 0.394 e. The van der Waals surface area contributed by atoms with Crippen LogP contribution in [0.15, 0.2) is 24.3 Å².